The Labute approximate surface area is 159 Å². The lowest BCUT2D eigenvalue weighted by molar-refractivity contribution is -0.151. The fourth-order valence-electron chi connectivity index (χ4n) is 3.33. The van der Waals surface area contributed by atoms with E-state index >= 15 is 0 Å². The molecular weight excluding hydrogens is 374 g/mol. The molecule has 1 aliphatic heterocycles. The molecule has 0 aliphatic carbocycles. The van der Waals surface area contributed by atoms with Gasteiger partial charge in [0.2, 0.25) is 5.91 Å². The monoisotopic (exact) mass is 394 g/mol. The molecule has 150 valence electrons. The largest absolute Gasteiger partial charge is 0.481 e. The lowest BCUT2D eigenvalue weighted by Crippen LogP contribution is -2.40. The number of aliphatic carboxylic acids is 1. The number of carboxylic acid groups (broad SMARTS) is 1. The smallest absolute Gasteiger partial charge is 0.313 e. The number of ether oxygens (including phenoxy) is 1. The van der Waals surface area contributed by atoms with E-state index in [0.29, 0.717) is 13.0 Å². The van der Waals surface area contributed by atoms with Gasteiger partial charge in [-0.05, 0) is 18.6 Å². The molecule has 28 heavy (non-hydrogen) atoms. The van der Waals surface area contributed by atoms with Crippen LogP contribution in [0.5, 0.6) is 0 Å². The van der Waals surface area contributed by atoms with Crippen molar-refractivity contribution in [2.24, 2.45) is 5.41 Å². The summed E-state index contributed by atoms with van der Waals surface area (Å²) < 4.78 is 37.3. The number of benzene rings is 1. The minimum Gasteiger partial charge on any atom is -0.481 e. The second-order valence-electron chi connectivity index (χ2n) is 6.83. The summed E-state index contributed by atoms with van der Waals surface area (Å²) in [7, 11) is 1.43. The van der Waals surface area contributed by atoms with E-state index in [1.54, 1.807) is 0 Å². The maximum absolute atomic E-state index is 13.8. The zero-order chi connectivity index (χ0) is 20.3. The summed E-state index contributed by atoms with van der Waals surface area (Å²) in [5.74, 6) is -2.27. The highest BCUT2D eigenvalue weighted by Crippen LogP contribution is 2.32. The number of carbonyl (C=O) groups excluding carboxylic acids is 1. The molecule has 0 bridgehead atoms. The molecule has 1 unspecified atom stereocenters. The third-order valence-electron chi connectivity index (χ3n) is 4.88. The van der Waals surface area contributed by atoms with Crippen molar-refractivity contribution in [3.63, 3.8) is 0 Å². The molecular formula is C19H20F2N2O5. The Morgan fingerprint density at radius 2 is 2.18 bits per heavy atom. The number of nitrogens with zero attached hydrogens (tertiary/aromatic N) is 2. The van der Waals surface area contributed by atoms with Gasteiger partial charge >= 0.3 is 5.97 Å². The van der Waals surface area contributed by atoms with E-state index in [9.17, 15) is 23.5 Å². The third-order valence-corrected chi connectivity index (χ3v) is 4.88. The highest BCUT2D eigenvalue weighted by Gasteiger charge is 2.46. The Bertz CT molecular complexity index is 885. The molecule has 3 rings (SSSR count). The lowest BCUT2D eigenvalue weighted by atomic mass is 9.88. The first kappa shape index (κ1) is 19.9. The molecule has 1 atom stereocenters. The van der Waals surface area contributed by atoms with Crippen LogP contribution in [0, 0.1) is 17.0 Å². The van der Waals surface area contributed by atoms with Crippen LogP contribution in [0.3, 0.4) is 0 Å². The van der Waals surface area contributed by atoms with E-state index < -0.39 is 23.0 Å². The van der Waals surface area contributed by atoms with Crippen molar-refractivity contribution >= 4 is 11.9 Å². The standard InChI is InChI=1S/C19H20F2N2O5/c1-27-11-19(18(25)26)6-7-23(10-19)17(24)5-4-16-22-9-15(28-16)13-3-2-12(20)8-14(13)21/h2-3,8-9H,4-7,10-11H2,1H3,(H,25,26). The first-order valence-electron chi connectivity index (χ1n) is 8.75. The number of rotatable bonds is 7. The summed E-state index contributed by atoms with van der Waals surface area (Å²) >= 11 is 0. The molecule has 1 fully saturated rings. The minimum absolute atomic E-state index is 0.0401. The lowest BCUT2D eigenvalue weighted by Gasteiger charge is -2.23. The average molecular weight is 394 g/mol. The molecule has 1 aliphatic rings. The summed E-state index contributed by atoms with van der Waals surface area (Å²) in [4.78, 5) is 29.5. The Balaban J connectivity index is 1.60. The van der Waals surface area contributed by atoms with Gasteiger partial charge in [0.05, 0.1) is 18.4 Å². The Kier molecular flexibility index (Phi) is 5.73. The van der Waals surface area contributed by atoms with E-state index in [2.05, 4.69) is 4.98 Å². The van der Waals surface area contributed by atoms with E-state index in [4.69, 9.17) is 9.15 Å². The highest BCUT2D eigenvalue weighted by molar-refractivity contribution is 5.81. The number of carboxylic acids is 1. The number of hydrogen-bond acceptors (Lipinski definition) is 5. The number of amides is 1. The molecule has 0 radical (unpaired) electrons. The molecule has 2 heterocycles. The molecule has 2 aromatic rings. The van der Waals surface area contributed by atoms with Crippen LogP contribution in [0.4, 0.5) is 8.78 Å². The normalized spacial score (nSPS) is 19.2. The number of aryl methyl sites for hydroxylation is 1. The Hall–Kier alpha value is -2.81. The van der Waals surface area contributed by atoms with Gasteiger partial charge in [-0.25, -0.2) is 13.8 Å². The van der Waals surface area contributed by atoms with E-state index in [-0.39, 0.29) is 49.1 Å². The van der Waals surface area contributed by atoms with Crippen molar-refractivity contribution in [1.29, 1.82) is 0 Å². The first-order valence-corrected chi connectivity index (χ1v) is 8.75. The minimum atomic E-state index is -1.08. The molecule has 7 nitrogen and oxygen atoms in total. The van der Waals surface area contributed by atoms with Gasteiger partial charge in [-0.3, -0.25) is 9.59 Å². The van der Waals surface area contributed by atoms with Crippen LogP contribution in [0.2, 0.25) is 0 Å². The van der Waals surface area contributed by atoms with E-state index in [1.807, 2.05) is 0 Å². The summed E-state index contributed by atoms with van der Waals surface area (Å²) in [5.41, 5.74) is -1.00. The van der Waals surface area contributed by atoms with Crippen molar-refractivity contribution in [1.82, 2.24) is 9.88 Å². The van der Waals surface area contributed by atoms with Crippen LogP contribution in [-0.2, 0) is 20.7 Å². The van der Waals surface area contributed by atoms with E-state index in [0.717, 1.165) is 12.1 Å². The predicted molar refractivity (Wildman–Crippen MR) is 93.3 cm³/mol. The molecule has 1 saturated heterocycles. The van der Waals surface area contributed by atoms with Gasteiger partial charge in [-0.15, -0.1) is 0 Å². The molecule has 1 amide bonds. The van der Waals surface area contributed by atoms with Gasteiger partial charge in [0.25, 0.3) is 0 Å². The maximum atomic E-state index is 13.8. The van der Waals surface area contributed by atoms with Crippen molar-refractivity contribution < 1.29 is 32.6 Å². The molecule has 1 aromatic heterocycles. The highest BCUT2D eigenvalue weighted by atomic mass is 19.1. The number of halogens is 2. The summed E-state index contributed by atoms with van der Waals surface area (Å²) in [6, 6.07) is 3.13. The maximum Gasteiger partial charge on any atom is 0.313 e. The number of carbonyl (C=O) groups is 2. The number of oxazole rings is 1. The third kappa shape index (κ3) is 4.04. The van der Waals surface area contributed by atoms with Crippen LogP contribution >= 0.6 is 0 Å². The summed E-state index contributed by atoms with van der Waals surface area (Å²) in [6.45, 7) is 0.469. The fraction of sp³-hybridized carbons (Fsp3) is 0.421. The van der Waals surface area contributed by atoms with Crippen molar-refractivity contribution in [3.8, 4) is 11.3 Å². The molecule has 9 heteroatoms. The average Bonchev–Trinajstić information content (AvgIpc) is 3.28. The van der Waals surface area contributed by atoms with Crippen LogP contribution < -0.4 is 0 Å². The second-order valence-corrected chi connectivity index (χ2v) is 6.83. The first-order chi connectivity index (χ1) is 13.3. The molecule has 1 aromatic carbocycles. The van der Waals surface area contributed by atoms with Gasteiger partial charge in [-0.2, -0.15) is 0 Å². The topological polar surface area (TPSA) is 92.9 Å². The summed E-state index contributed by atoms with van der Waals surface area (Å²) in [6.07, 6.45) is 1.91. The quantitative estimate of drug-likeness (QED) is 0.776. The van der Waals surface area contributed by atoms with Crippen LogP contribution in [-0.4, -0.2) is 53.7 Å². The van der Waals surface area contributed by atoms with Crippen molar-refractivity contribution in [3.05, 3.63) is 41.9 Å². The predicted octanol–water partition coefficient (Wildman–Crippen LogP) is 2.50. The molecule has 0 saturated carbocycles. The zero-order valence-corrected chi connectivity index (χ0v) is 15.3. The van der Waals surface area contributed by atoms with Crippen molar-refractivity contribution in [2.75, 3.05) is 26.8 Å². The molecule has 1 N–H and O–H groups in total. The summed E-state index contributed by atoms with van der Waals surface area (Å²) in [5, 5.41) is 9.46. The van der Waals surface area contributed by atoms with Gasteiger partial charge in [0.15, 0.2) is 11.7 Å². The zero-order valence-electron chi connectivity index (χ0n) is 15.3. The van der Waals surface area contributed by atoms with Gasteiger partial charge in [0, 0.05) is 39.1 Å². The van der Waals surface area contributed by atoms with Gasteiger partial charge in [-0.1, -0.05) is 0 Å². The SMILES string of the molecule is COCC1(C(=O)O)CCN(C(=O)CCc2ncc(-c3ccc(F)cc3F)o2)C1. The van der Waals surface area contributed by atoms with Crippen LogP contribution in [0.1, 0.15) is 18.7 Å². The van der Waals surface area contributed by atoms with Crippen LogP contribution in [0.25, 0.3) is 11.3 Å². The second kappa shape index (κ2) is 8.05. The van der Waals surface area contributed by atoms with Gasteiger partial charge < -0.3 is 19.2 Å². The Morgan fingerprint density at radius 1 is 1.39 bits per heavy atom. The van der Waals surface area contributed by atoms with Crippen molar-refractivity contribution in [2.45, 2.75) is 19.3 Å². The Morgan fingerprint density at radius 3 is 2.86 bits per heavy atom. The molecule has 0 spiro atoms. The number of likely N-dealkylation sites (tertiary alicyclic amines) is 1. The van der Waals surface area contributed by atoms with E-state index in [1.165, 1.54) is 24.3 Å². The van der Waals surface area contributed by atoms with Crippen LogP contribution in [0.15, 0.2) is 28.8 Å². The number of hydrogen-bond donors (Lipinski definition) is 1. The number of methoxy groups -OCH3 is 1. The van der Waals surface area contributed by atoms with Gasteiger partial charge in [0.1, 0.15) is 17.0 Å². The number of aromatic nitrogens is 1. The fourth-order valence-corrected chi connectivity index (χ4v) is 3.33.